The standard InChI is InChI=1S/C24H23N5O/c1-3-16(2)28-12-9-18(15-23(28)30)17-10-13-29(22(25)14-17)24(26)20-8-11-27-21-7-5-4-6-19(20)21/h4-16,25-26H,3H2,1-2H3. The van der Waals surface area contributed by atoms with Crippen molar-refractivity contribution in [2.24, 2.45) is 0 Å². The van der Waals surface area contributed by atoms with Crippen LogP contribution in [-0.2, 0) is 0 Å². The fourth-order valence-corrected chi connectivity index (χ4v) is 3.54. The van der Waals surface area contributed by atoms with Gasteiger partial charge in [0.2, 0.25) is 0 Å². The van der Waals surface area contributed by atoms with E-state index in [1.54, 1.807) is 35.2 Å². The summed E-state index contributed by atoms with van der Waals surface area (Å²) < 4.78 is 3.24. The number of fused-ring (bicyclic) bond motifs is 1. The summed E-state index contributed by atoms with van der Waals surface area (Å²) >= 11 is 0. The molecule has 3 heterocycles. The number of nitrogens with zero attached hydrogens (tertiary/aromatic N) is 3. The number of para-hydroxylation sites is 1. The zero-order valence-corrected chi connectivity index (χ0v) is 17.0. The van der Waals surface area contributed by atoms with Gasteiger partial charge in [0, 0.05) is 41.6 Å². The van der Waals surface area contributed by atoms with E-state index in [4.69, 9.17) is 10.8 Å². The van der Waals surface area contributed by atoms with Gasteiger partial charge in [-0.15, -0.1) is 0 Å². The van der Waals surface area contributed by atoms with Gasteiger partial charge in [0.1, 0.15) is 11.3 Å². The van der Waals surface area contributed by atoms with Gasteiger partial charge in [-0.1, -0.05) is 25.1 Å². The van der Waals surface area contributed by atoms with Gasteiger partial charge in [0.05, 0.1) is 5.52 Å². The molecule has 1 atom stereocenters. The number of hydrogen-bond acceptors (Lipinski definition) is 4. The van der Waals surface area contributed by atoms with E-state index in [2.05, 4.69) is 4.98 Å². The minimum Gasteiger partial charge on any atom is -0.313 e. The lowest BCUT2D eigenvalue weighted by atomic mass is 10.1. The highest BCUT2D eigenvalue weighted by Crippen LogP contribution is 2.19. The van der Waals surface area contributed by atoms with Crippen molar-refractivity contribution in [2.45, 2.75) is 26.3 Å². The Bertz CT molecular complexity index is 1360. The lowest BCUT2D eigenvalue weighted by molar-refractivity contribution is 0.514. The molecule has 30 heavy (non-hydrogen) atoms. The second-order valence-corrected chi connectivity index (χ2v) is 7.31. The molecule has 0 spiro atoms. The van der Waals surface area contributed by atoms with Gasteiger partial charge < -0.3 is 4.57 Å². The first-order valence-electron chi connectivity index (χ1n) is 9.92. The van der Waals surface area contributed by atoms with Crippen LogP contribution in [0, 0.1) is 10.8 Å². The predicted octanol–water partition coefficient (Wildman–Crippen LogP) is 4.19. The monoisotopic (exact) mass is 397 g/mol. The smallest absolute Gasteiger partial charge is 0.251 e. The molecule has 0 aliphatic carbocycles. The Labute approximate surface area is 174 Å². The first-order valence-corrected chi connectivity index (χ1v) is 9.92. The van der Waals surface area contributed by atoms with Crippen LogP contribution in [0.2, 0.25) is 0 Å². The minimum atomic E-state index is -0.0545. The van der Waals surface area contributed by atoms with Crippen LogP contribution >= 0.6 is 0 Å². The van der Waals surface area contributed by atoms with Crippen LogP contribution in [-0.4, -0.2) is 20.0 Å². The summed E-state index contributed by atoms with van der Waals surface area (Å²) in [6.07, 6.45) is 6.07. The van der Waals surface area contributed by atoms with E-state index < -0.39 is 0 Å². The van der Waals surface area contributed by atoms with E-state index in [9.17, 15) is 4.79 Å². The number of hydrogen-bond donors (Lipinski definition) is 2. The Hall–Kier alpha value is -3.80. The number of rotatable bonds is 4. The molecule has 0 aliphatic heterocycles. The molecule has 0 saturated heterocycles. The third-order valence-corrected chi connectivity index (χ3v) is 5.45. The fraction of sp³-hybridized carbons (Fsp3) is 0.167. The van der Waals surface area contributed by atoms with Gasteiger partial charge in [0.25, 0.3) is 5.56 Å². The summed E-state index contributed by atoms with van der Waals surface area (Å²) in [5.41, 5.74) is 3.18. The second-order valence-electron chi connectivity index (χ2n) is 7.31. The van der Waals surface area contributed by atoms with Gasteiger partial charge in [-0.25, -0.2) is 0 Å². The Kier molecular flexibility index (Phi) is 5.14. The number of benzene rings is 1. The summed E-state index contributed by atoms with van der Waals surface area (Å²) in [4.78, 5) is 16.8. The van der Waals surface area contributed by atoms with Crippen LogP contribution in [0.4, 0.5) is 0 Å². The van der Waals surface area contributed by atoms with Gasteiger partial charge in [-0.05, 0) is 54.8 Å². The zero-order chi connectivity index (χ0) is 21.3. The van der Waals surface area contributed by atoms with Crippen LogP contribution in [0.15, 0.2) is 78.0 Å². The minimum absolute atomic E-state index is 0.0545. The molecule has 6 heteroatoms. The second kappa shape index (κ2) is 7.91. The van der Waals surface area contributed by atoms with Crippen molar-refractivity contribution in [3.63, 3.8) is 0 Å². The Balaban J connectivity index is 1.72. The molecular weight excluding hydrogens is 374 g/mol. The van der Waals surface area contributed by atoms with Crippen LogP contribution in [0.1, 0.15) is 31.9 Å². The molecule has 4 aromatic rings. The predicted molar refractivity (Wildman–Crippen MR) is 119 cm³/mol. The molecule has 0 amide bonds. The summed E-state index contributed by atoms with van der Waals surface area (Å²) in [6, 6.07) is 16.6. The Morgan fingerprint density at radius 2 is 1.80 bits per heavy atom. The molecule has 0 bridgehead atoms. The summed E-state index contributed by atoms with van der Waals surface area (Å²) in [5, 5.41) is 18.0. The van der Waals surface area contributed by atoms with Crippen molar-refractivity contribution in [3.05, 3.63) is 94.6 Å². The fourth-order valence-electron chi connectivity index (χ4n) is 3.54. The first-order chi connectivity index (χ1) is 14.5. The van der Waals surface area contributed by atoms with Crippen LogP contribution in [0.3, 0.4) is 0 Å². The number of aromatic nitrogens is 3. The zero-order valence-electron chi connectivity index (χ0n) is 17.0. The molecule has 0 radical (unpaired) electrons. The van der Waals surface area contributed by atoms with E-state index in [1.165, 1.54) is 4.57 Å². The molecular formula is C24H23N5O. The largest absolute Gasteiger partial charge is 0.313 e. The number of nitrogens with one attached hydrogen (secondary N) is 2. The van der Waals surface area contributed by atoms with Crippen LogP contribution in [0.5, 0.6) is 0 Å². The van der Waals surface area contributed by atoms with E-state index in [1.807, 2.05) is 56.4 Å². The summed E-state index contributed by atoms with van der Waals surface area (Å²) in [7, 11) is 0. The SMILES string of the molecule is CCC(C)n1ccc(-c2ccn(C(=N)c3ccnc4ccccc34)c(=N)c2)cc1=O. The maximum atomic E-state index is 12.5. The molecule has 4 rings (SSSR count). The number of pyridine rings is 3. The molecule has 3 aromatic heterocycles. The molecule has 150 valence electrons. The molecule has 2 N–H and O–H groups in total. The first kappa shape index (κ1) is 19.5. The van der Waals surface area contributed by atoms with Gasteiger partial charge >= 0.3 is 0 Å². The topological polar surface area (TPSA) is 87.5 Å². The third-order valence-electron chi connectivity index (χ3n) is 5.45. The van der Waals surface area contributed by atoms with E-state index in [0.717, 1.165) is 28.5 Å². The normalized spacial score (nSPS) is 12.1. The van der Waals surface area contributed by atoms with Gasteiger partial charge in [-0.3, -0.25) is 25.2 Å². The molecule has 0 saturated carbocycles. The summed E-state index contributed by atoms with van der Waals surface area (Å²) in [6.45, 7) is 4.07. The van der Waals surface area contributed by atoms with Crippen LogP contribution < -0.4 is 11.0 Å². The van der Waals surface area contributed by atoms with E-state index in [-0.39, 0.29) is 22.9 Å². The lowest BCUT2D eigenvalue weighted by Gasteiger charge is -2.14. The molecule has 1 unspecified atom stereocenters. The van der Waals surface area contributed by atoms with E-state index >= 15 is 0 Å². The maximum absolute atomic E-state index is 12.5. The van der Waals surface area contributed by atoms with Crippen molar-refractivity contribution in [3.8, 4) is 11.1 Å². The van der Waals surface area contributed by atoms with Crippen molar-refractivity contribution in [1.82, 2.24) is 14.1 Å². The van der Waals surface area contributed by atoms with Crippen molar-refractivity contribution in [2.75, 3.05) is 0 Å². The highest BCUT2D eigenvalue weighted by atomic mass is 16.1. The quantitative estimate of drug-likeness (QED) is 0.399. The Morgan fingerprint density at radius 3 is 2.53 bits per heavy atom. The average Bonchev–Trinajstić information content (AvgIpc) is 2.77. The van der Waals surface area contributed by atoms with Crippen molar-refractivity contribution >= 4 is 16.7 Å². The molecule has 6 nitrogen and oxygen atoms in total. The highest BCUT2D eigenvalue weighted by molar-refractivity contribution is 6.08. The van der Waals surface area contributed by atoms with Gasteiger partial charge in [0.15, 0.2) is 0 Å². The van der Waals surface area contributed by atoms with E-state index in [0.29, 0.717) is 5.56 Å². The lowest BCUT2D eigenvalue weighted by Crippen LogP contribution is -2.27. The third kappa shape index (κ3) is 3.48. The van der Waals surface area contributed by atoms with Gasteiger partial charge in [-0.2, -0.15) is 0 Å². The molecule has 0 fully saturated rings. The summed E-state index contributed by atoms with van der Waals surface area (Å²) in [5.74, 6) is 0.206. The average molecular weight is 397 g/mol. The molecule has 0 aliphatic rings. The maximum Gasteiger partial charge on any atom is 0.251 e. The Morgan fingerprint density at radius 1 is 1.07 bits per heavy atom. The van der Waals surface area contributed by atoms with Crippen molar-refractivity contribution in [1.29, 1.82) is 10.8 Å². The highest BCUT2D eigenvalue weighted by Gasteiger charge is 2.11. The van der Waals surface area contributed by atoms with Crippen molar-refractivity contribution < 1.29 is 0 Å². The molecule has 1 aromatic carbocycles. The van der Waals surface area contributed by atoms with Crippen LogP contribution in [0.25, 0.3) is 22.0 Å².